The van der Waals surface area contributed by atoms with Crippen LogP contribution in [0.1, 0.15) is 12.5 Å². The largest absolute Gasteiger partial charge is 0.496 e. The minimum atomic E-state index is 0.672. The van der Waals surface area contributed by atoms with Gasteiger partial charge in [-0.2, -0.15) is 0 Å². The molecular weight excluding hydrogens is 322 g/mol. The second-order valence-electron chi connectivity index (χ2n) is 4.02. The monoisotopic (exact) mass is 343 g/mol. The van der Waals surface area contributed by atoms with Crippen LogP contribution >= 0.6 is 15.9 Å². The normalized spacial score (nSPS) is 11.3. The number of hydrogen-bond donors (Lipinski definition) is 2. The minimum absolute atomic E-state index is 0.672. The lowest BCUT2D eigenvalue weighted by Crippen LogP contribution is -2.38. The van der Waals surface area contributed by atoms with Crippen LogP contribution in [0.5, 0.6) is 5.75 Å². The number of guanidine groups is 1. The molecule has 20 heavy (non-hydrogen) atoms. The van der Waals surface area contributed by atoms with Crippen LogP contribution in [0.25, 0.3) is 0 Å². The lowest BCUT2D eigenvalue weighted by molar-refractivity contribution is 0.152. The molecule has 1 rings (SSSR count). The predicted molar refractivity (Wildman–Crippen MR) is 85.4 cm³/mol. The summed E-state index contributed by atoms with van der Waals surface area (Å²) in [6, 6.07) is 5.98. The number of nitrogens with zero attached hydrogens (tertiary/aromatic N) is 1. The van der Waals surface area contributed by atoms with E-state index in [1.165, 1.54) is 0 Å². The fourth-order valence-corrected chi connectivity index (χ4v) is 2.20. The van der Waals surface area contributed by atoms with Gasteiger partial charge in [0.25, 0.3) is 0 Å². The molecule has 0 saturated heterocycles. The van der Waals surface area contributed by atoms with Crippen molar-refractivity contribution < 1.29 is 9.47 Å². The van der Waals surface area contributed by atoms with Crippen LogP contribution in [0, 0.1) is 0 Å². The van der Waals surface area contributed by atoms with Crippen LogP contribution in [-0.4, -0.2) is 39.9 Å². The van der Waals surface area contributed by atoms with Gasteiger partial charge in [0.1, 0.15) is 5.75 Å². The van der Waals surface area contributed by atoms with E-state index in [-0.39, 0.29) is 0 Å². The van der Waals surface area contributed by atoms with Crippen molar-refractivity contribution in [3.05, 3.63) is 28.2 Å². The van der Waals surface area contributed by atoms with E-state index in [0.29, 0.717) is 13.2 Å². The highest BCUT2D eigenvalue weighted by molar-refractivity contribution is 9.10. The lowest BCUT2D eigenvalue weighted by atomic mass is 10.2. The van der Waals surface area contributed by atoms with E-state index in [1.807, 2.05) is 25.1 Å². The molecule has 1 aromatic carbocycles. The smallest absolute Gasteiger partial charge is 0.191 e. The first-order valence-corrected chi connectivity index (χ1v) is 7.35. The van der Waals surface area contributed by atoms with Crippen molar-refractivity contribution in [1.82, 2.24) is 10.6 Å². The van der Waals surface area contributed by atoms with E-state index in [0.717, 1.165) is 34.9 Å². The Labute approximate surface area is 128 Å². The summed E-state index contributed by atoms with van der Waals surface area (Å²) >= 11 is 3.48. The van der Waals surface area contributed by atoms with Gasteiger partial charge < -0.3 is 20.1 Å². The van der Waals surface area contributed by atoms with Gasteiger partial charge in [-0.1, -0.05) is 6.07 Å². The van der Waals surface area contributed by atoms with Crippen molar-refractivity contribution >= 4 is 21.9 Å². The maximum atomic E-state index is 5.27. The SMILES string of the molecule is CCOCCNC(=NC)NCc1ccc(OC)c(Br)c1. The first-order chi connectivity index (χ1) is 9.71. The van der Waals surface area contributed by atoms with Crippen molar-refractivity contribution in [2.45, 2.75) is 13.5 Å². The summed E-state index contributed by atoms with van der Waals surface area (Å²) in [6.07, 6.45) is 0. The number of methoxy groups -OCH3 is 1. The quantitative estimate of drug-likeness (QED) is 0.452. The molecular formula is C14H22BrN3O2. The molecule has 0 fully saturated rings. The van der Waals surface area contributed by atoms with Crippen LogP contribution in [0.3, 0.4) is 0 Å². The molecule has 0 radical (unpaired) electrons. The molecule has 0 amide bonds. The topological polar surface area (TPSA) is 54.9 Å². The molecule has 0 saturated carbocycles. The third-order valence-corrected chi connectivity index (χ3v) is 3.26. The number of aliphatic imine (C=N–C) groups is 1. The molecule has 0 heterocycles. The van der Waals surface area contributed by atoms with Gasteiger partial charge in [-0.05, 0) is 40.5 Å². The number of ether oxygens (including phenoxy) is 2. The van der Waals surface area contributed by atoms with Gasteiger partial charge in [0.15, 0.2) is 5.96 Å². The molecule has 0 atom stereocenters. The van der Waals surface area contributed by atoms with Crippen molar-refractivity contribution in [3.8, 4) is 5.75 Å². The van der Waals surface area contributed by atoms with E-state index in [2.05, 4.69) is 31.6 Å². The van der Waals surface area contributed by atoms with Gasteiger partial charge in [-0.3, -0.25) is 4.99 Å². The molecule has 112 valence electrons. The van der Waals surface area contributed by atoms with Crippen molar-refractivity contribution in [2.75, 3.05) is 33.9 Å². The Bertz CT molecular complexity index is 438. The summed E-state index contributed by atoms with van der Waals surface area (Å²) in [4.78, 5) is 4.16. The zero-order valence-corrected chi connectivity index (χ0v) is 13.8. The highest BCUT2D eigenvalue weighted by atomic mass is 79.9. The molecule has 0 spiro atoms. The fraction of sp³-hybridized carbons (Fsp3) is 0.500. The number of nitrogens with one attached hydrogen (secondary N) is 2. The van der Waals surface area contributed by atoms with E-state index in [1.54, 1.807) is 14.2 Å². The van der Waals surface area contributed by atoms with Crippen LogP contribution in [0.15, 0.2) is 27.7 Å². The van der Waals surface area contributed by atoms with Crippen molar-refractivity contribution in [1.29, 1.82) is 0 Å². The highest BCUT2D eigenvalue weighted by Gasteiger charge is 2.02. The van der Waals surface area contributed by atoms with Crippen LogP contribution in [0.4, 0.5) is 0 Å². The standard InChI is InChI=1S/C14H22BrN3O2/c1-4-20-8-7-17-14(16-2)18-10-11-5-6-13(19-3)12(15)9-11/h5-6,9H,4,7-8,10H2,1-3H3,(H2,16,17,18). The van der Waals surface area contributed by atoms with E-state index in [9.17, 15) is 0 Å². The number of benzene rings is 1. The summed E-state index contributed by atoms with van der Waals surface area (Å²) in [6.45, 7) is 4.81. The minimum Gasteiger partial charge on any atom is -0.496 e. The average molecular weight is 344 g/mol. The maximum Gasteiger partial charge on any atom is 0.191 e. The summed E-state index contributed by atoms with van der Waals surface area (Å²) in [5, 5.41) is 6.44. The van der Waals surface area contributed by atoms with Crippen molar-refractivity contribution in [3.63, 3.8) is 0 Å². The van der Waals surface area contributed by atoms with E-state index in [4.69, 9.17) is 9.47 Å². The summed E-state index contributed by atoms with van der Waals surface area (Å²) in [5.74, 6) is 1.59. The molecule has 0 aliphatic heterocycles. The van der Waals surface area contributed by atoms with Gasteiger partial charge in [0.2, 0.25) is 0 Å². The zero-order valence-electron chi connectivity index (χ0n) is 12.2. The molecule has 1 aromatic rings. The summed E-state index contributed by atoms with van der Waals surface area (Å²) < 4.78 is 11.4. The van der Waals surface area contributed by atoms with Gasteiger partial charge >= 0.3 is 0 Å². The Morgan fingerprint density at radius 1 is 1.35 bits per heavy atom. The third kappa shape index (κ3) is 5.79. The first-order valence-electron chi connectivity index (χ1n) is 6.56. The Kier molecular flexibility index (Phi) is 8.06. The molecule has 0 aliphatic rings. The van der Waals surface area contributed by atoms with Crippen LogP contribution in [0.2, 0.25) is 0 Å². The summed E-state index contributed by atoms with van der Waals surface area (Å²) in [7, 11) is 3.40. The van der Waals surface area contributed by atoms with Crippen LogP contribution < -0.4 is 15.4 Å². The van der Waals surface area contributed by atoms with E-state index < -0.39 is 0 Å². The van der Waals surface area contributed by atoms with Gasteiger partial charge in [0, 0.05) is 26.7 Å². The molecule has 2 N–H and O–H groups in total. The van der Waals surface area contributed by atoms with Gasteiger partial charge in [0.05, 0.1) is 18.2 Å². The Morgan fingerprint density at radius 2 is 2.15 bits per heavy atom. The predicted octanol–water partition coefficient (Wildman–Crippen LogP) is 2.16. The molecule has 0 aromatic heterocycles. The average Bonchev–Trinajstić information content (AvgIpc) is 2.46. The van der Waals surface area contributed by atoms with Gasteiger partial charge in [-0.15, -0.1) is 0 Å². The molecule has 6 heteroatoms. The lowest BCUT2D eigenvalue weighted by Gasteiger charge is -2.12. The second kappa shape index (κ2) is 9.61. The fourth-order valence-electron chi connectivity index (χ4n) is 1.61. The zero-order chi connectivity index (χ0) is 14.8. The molecule has 0 bridgehead atoms. The number of hydrogen-bond acceptors (Lipinski definition) is 3. The Morgan fingerprint density at radius 3 is 2.75 bits per heavy atom. The Hall–Kier alpha value is -1.27. The van der Waals surface area contributed by atoms with Crippen LogP contribution in [-0.2, 0) is 11.3 Å². The number of rotatable bonds is 7. The number of halogens is 1. The second-order valence-corrected chi connectivity index (χ2v) is 4.87. The highest BCUT2D eigenvalue weighted by Crippen LogP contribution is 2.25. The third-order valence-electron chi connectivity index (χ3n) is 2.64. The van der Waals surface area contributed by atoms with Crippen molar-refractivity contribution in [2.24, 2.45) is 4.99 Å². The first kappa shape index (κ1) is 16.8. The molecule has 0 unspecified atom stereocenters. The Balaban J connectivity index is 2.42. The van der Waals surface area contributed by atoms with E-state index >= 15 is 0 Å². The maximum absolute atomic E-state index is 5.27. The summed E-state index contributed by atoms with van der Waals surface area (Å²) in [5.41, 5.74) is 1.14. The molecule has 0 aliphatic carbocycles. The van der Waals surface area contributed by atoms with Gasteiger partial charge in [-0.25, -0.2) is 0 Å². The molecule has 5 nitrogen and oxygen atoms in total.